The van der Waals surface area contributed by atoms with Gasteiger partial charge in [-0.05, 0) is 86.2 Å². The number of hydrogen-bond donors (Lipinski definition) is 5. The number of aliphatic hydroxyl groups excluding tert-OH is 2. The lowest BCUT2D eigenvalue weighted by Crippen LogP contribution is -2.43. The molecule has 0 fully saturated rings. The van der Waals surface area contributed by atoms with E-state index >= 15 is 0 Å². The number of benzene rings is 3. The summed E-state index contributed by atoms with van der Waals surface area (Å²) in [6, 6.07) is 17.2. The molecule has 0 spiro atoms. The average Bonchev–Trinajstić information content (AvgIpc) is 2.85. The topological polar surface area (TPSA) is 102 Å². The first-order valence-electron chi connectivity index (χ1n) is 12.1. The maximum atomic E-state index is 13.7. The van der Waals surface area contributed by atoms with Crippen molar-refractivity contribution in [2.24, 2.45) is 0 Å². The van der Waals surface area contributed by atoms with Crippen LogP contribution in [0.2, 0.25) is 0 Å². The number of phenols is 1. The Kier molecular flexibility index (Phi) is 9.20. The highest BCUT2D eigenvalue weighted by atomic mass is 19.1. The Morgan fingerprint density at radius 1 is 1.06 bits per heavy atom. The zero-order valence-corrected chi connectivity index (χ0v) is 21.0. The molecule has 36 heavy (non-hydrogen) atoms. The van der Waals surface area contributed by atoms with Gasteiger partial charge in [-0.25, -0.2) is 4.39 Å². The molecule has 5 N–H and O–H groups in total. The fourth-order valence-corrected chi connectivity index (χ4v) is 4.04. The summed E-state index contributed by atoms with van der Waals surface area (Å²) in [4.78, 5) is 12.7. The summed E-state index contributed by atoms with van der Waals surface area (Å²) in [6.45, 7) is 6.14. The number of rotatable bonds is 11. The number of amides is 1. The first-order valence-corrected chi connectivity index (χ1v) is 12.1. The van der Waals surface area contributed by atoms with E-state index in [1.165, 1.54) is 12.1 Å². The molecule has 0 heterocycles. The molecule has 0 aliphatic rings. The van der Waals surface area contributed by atoms with E-state index in [9.17, 15) is 24.5 Å². The van der Waals surface area contributed by atoms with Crippen molar-refractivity contribution >= 4 is 5.91 Å². The minimum absolute atomic E-state index is 0.00490. The SMILES string of the molecule is Cc1ccc(CCNC(=O)c2cccc(CC(C)(C)NC[C@@H](O)c3ccc(O)c(CO)c3)c2)cc1F. The number of carbonyl (C=O) groups excluding carboxylic acids is 1. The molecular formula is C29H35FN2O4. The molecule has 0 aliphatic heterocycles. The minimum Gasteiger partial charge on any atom is -0.508 e. The van der Waals surface area contributed by atoms with E-state index in [2.05, 4.69) is 10.6 Å². The molecule has 1 atom stereocenters. The van der Waals surface area contributed by atoms with E-state index in [0.29, 0.717) is 41.6 Å². The van der Waals surface area contributed by atoms with Crippen LogP contribution in [-0.2, 0) is 19.4 Å². The van der Waals surface area contributed by atoms with Crippen LogP contribution in [-0.4, -0.2) is 39.9 Å². The molecule has 0 aliphatic carbocycles. The van der Waals surface area contributed by atoms with Crippen LogP contribution in [0.5, 0.6) is 5.75 Å². The van der Waals surface area contributed by atoms with E-state index in [-0.39, 0.29) is 36.2 Å². The lowest BCUT2D eigenvalue weighted by atomic mass is 9.93. The molecule has 0 radical (unpaired) electrons. The molecule has 3 rings (SSSR count). The molecule has 3 aromatic rings. The predicted molar refractivity (Wildman–Crippen MR) is 138 cm³/mol. The number of nitrogens with one attached hydrogen (secondary N) is 2. The van der Waals surface area contributed by atoms with Crippen LogP contribution in [0.25, 0.3) is 0 Å². The van der Waals surface area contributed by atoms with Gasteiger partial charge in [-0.2, -0.15) is 0 Å². The third kappa shape index (κ3) is 7.62. The number of aliphatic hydroxyl groups is 2. The Hall–Kier alpha value is -3.26. The molecule has 6 nitrogen and oxygen atoms in total. The molecule has 0 aromatic heterocycles. The highest BCUT2D eigenvalue weighted by Gasteiger charge is 2.21. The van der Waals surface area contributed by atoms with Crippen LogP contribution in [0.3, 0.4) is 0 Å². The Balaban J connectivity index is 1.53. The zero-order chi connectivity index (χ0) is 26.3. The van der Waals surface area contributed by atoms with Gasteiger partial charge in [-0.15, -0.1) is 0 Å². The van der Waals surface area contributed by atoms with Crippen LogP contribution < -0.4 is 10.6 Å². The number of β-amino-alcohol motifs (C(OH)–C–C–N with tert-alkyl or cyclic N) is 1. The van der Waals surface area contributed by atoms with Crippen molar-refractivity contribution in [2.75, 3.05) is 13.1 Å². The van der Waals surface area contributed by atoms with E-state index in [1.807, 2.05) is 38.1 Å². The number of halogens is 1. The molecule has 7 heteroatoms. The van der Waals surface area contributed by atoms with E-state index in [0.717, 1.165) is 11.1 Å². The lowest BCUT2D eigenvalue weighted by Gasteiger charge is -2.28. The van der Waals surface area contributed by atoms with Gasteiger partial charge in [0.15, 0.2) is 0 Å². The number of hydrogen-bond acceptors (Lipinski definition) is 5. The fraction of sp³-hybridized carbons (Fsp3) is 0.345. The predicted octanol–water partition coefficient (Wildman–Crippen LogP) is 3.95. The summed E-state index contributed by atoms with van der Waals surface area (Å²) in [5.74, 6) is -0.430. The lowest BCUT2D eigenvalue weighted by molar-refractivity contribution is 0.0954. The Bertz CT molecular complexity index is 1200. The van der Waals surface area contributed by atoms with Gasteiger partial charge >= 0.3 is 0 Å². The first-order chi connectivity index (χ1) is 17.1. The number of carbonyl (C=O) groups is 1. The van der Waals surface area contributed by atoms with Gasteiger partial charge < -0.3 is 26.0 Å². The van der Waals surface area contributed by atoms with E-state index < -0.39 is 6.10 Å². The third-order valence-electron chi connectivity index (χ3n) is 6.20. The Morgan fingerprint density at radius 2 is 1.83 bits per heavy atom. The quantitative estimate of drug-likeness (QED) is 0.278. The molecule has 0 saturated carbocycles. The molecular weight excluding hydrogens is 459 g/mol. The van der Waals surface area contributed by atoms with E-state index in [1.54, 1.807) is 31.2 Å². The number of aryl methyl sites for hydroxylation is 1. The molecule has 0 bridgehead atoms. The highest BCUT2D eigenvalue weighted by molar-refractivity contribution is 5.94. The van der Waals surface area contributed by atoms with Gasteiger partial charge in [-0.1, -0.05) is 30.3 Å². The van der Waals surface area contributed by atoms with Crippen molar-refractivity contribution in [2.45, 2.75) is 51.9 Å². The van der Waals surface area contributed by atoms with Gasteiger partial charge in [-0.3, -0.25) is 4.79 Å². The summed E-state index contributed by atoms with van der Waals surface area (Å²) >= 11 is 0. The van der Waals surface area contributed by atoms with E-state index in [4.69, 9.17) is 0 Å². The molecule has 1 amide bonds. The van der Waals surface area contributed by atoms with Crippen LogP contribution in [0.1, 0.15) is 58.1 Å². The zero-order valence-electron chi connectivity index (χ0n) is 21.0. The largest absolute Gasteiger partial charge is 0.508 e. The van der Waals surface area contributed by atoms with Crippen molar-refractivity contribution in [3.63, 3.8) is 0 Å². The van der Waals surface area contributed by atoms with Crippen molar-refractivity contribution in [3.05, 3.63) is 99.9 Å². The molecule has 0 saturated heterocycles. The molecule has 0 unspecified atom stereocenters. The van der Waals surface area contributed by atoms with Crippen molar-refractivity contribution in [3.8, 4) is 5.75 Å². The number of aromatic hydroxyl groups is 1. The fourth-order valence-electron chi connectivity index (χ4n) is 4.04. The third-order valence-corrected chi connectivity index (χ3v) is 6.20. The monoisotopic (exact) mass is 494 g/mol. The smallest absolute Gasteiger partial charge is 0.251 e. The van der Waals surface area contributed by atoms with Crippen molar-refractivity contribution < 1.29 is 24.5 Å². The van der Waals surface area contributed by atoms with Crippen LogP contribution >= 0.6 is 0 Å². The Labute approximate surface area is 211 Å². The first kappa shape index (κ1) is 27.3. The maximum absolute atomic E-state index is 13.7. The minimum atomic E-state index is -0.811. The Morgan fingerprint density at radius 3 is 2.56 bits per heavy atom. The van der Waals surface area contributed by atoms with Gasteiger partial charge in [0, 0.05) is 29.8 Å². The second-order valence-electron chi connectivity index (χ2n) is 9.79. The standard InChI is InChI=1S/C29H35FN2O4/c1-19-7-8-20(14-25(19)30)11-12-31-28(36)23-6-4-5-21(13-23)16-29(2,3)32-17-27(35)22-9-10-26(34)24(15-22)18-33/h4-10,13-15,27,32-35H,11-12,16-18H2,1-3H3,(H,31,36)/t27-/m1/s1. The highest BCUT2D eigenvalue weighted by Crippen LogP contribution is 2.23. The summed E-state index contributed by atoms with van der Waals surface area (Å²) in [5, 5.41) is 35.9. The van der Waals surface area contributed by atoms with Gasteiger partial charge in [0.05, 0.1) is 12.7 Å². The van der Waals surface area contributed by atoms with Gasteiger partial charge in [0.2, 0.25) is 0 Å². The van der Waals surface area contributed by atoms with Gasteiger partial charge in [0.25, 0.3) is 5.91 Å². The summed E-state index contributed by atoms with van der Waals surface area (Å²) in [7, 11) is 0. The average molecular weight is 495 g/mol. The summed E-state index contributed by atoms with van der Waals surface area (Å²) in [5.41, 5.74) is 3.56. The summed E-state index contributed by atoms with van der Waals surface area (Å²) < 4.78 is 13.7. The summed E-state index contributed by atoms with van der Waals surface area (Å²) in [6.07, 6.45) is 0.359. The normalized spacial score (nSPS) is 12.4. The van der Waals surface area contributed by atoms with Crippen LogP contribution in [0.4, 0.5) is 4.39 Å². The van der Waals surface area contributed by atoms with Crippen LogP contribution in [0, 0.1) is 12.7 Å². The van der Waals surface area contributed by atoms with Crippen molar-refractivity contribution in [1.82, 2.24) is 10.6 Å². The van der Waals surface area contributed by atoms with Crippen LogP contribution in [0.15, 0.2) is 60.7 Å². The van der Waals surface area contributed by atoms with Crippen molar-refractivity contribution in [1.29, 1.82) is 0 Å². The molecule has 192 valence electrons. The second-order valence-corrected chi connectivity index (χ2v) is 9.79. The molecule has 3 aromatic carbocycles. The van der Waals surface area contributed by atoms with Gasteiger partial charge in [0.1, 0.15) is 11.6 Å². The maximum Gasteiger partial charge on any atom is 0.251 e. The second kappa shape index (κ2) is 12.1.